The maximum atomic E-state index is 13.6. The van der Waals surface area contributed by atoms with E-state index in [1.807, 2.05) is 29.2 Å². The van der Waals surface area contributed by atoms with Gasteiger partial charge in [-0.3, -0.25) is 14.5 Å². The quantitative estimate of drug-likeness (QED) is 0.750. The average molecular weight is 441 g/mol. The van der Waals surface area contributed by atoms with Crippen LogP contribution in [-0.4, -0.2) is 66.0 Å². The predicted octanol–water partition coefficient (Wildman–Crippen LogP) is 2.21. The molecule has 32 heavy (non-hydrogen) atoms. The minimum absolute atomic E-state index is 0.0315. The third-order valence-electron chi connectivity index (χ3n) is 7.99. The van der Waals surface area contributed by atoms with Crippen LogP contribution < -0.4 is 15.8 Å². The number of carbonyl (C=O) groups is 2. The van der Waals surface area contributed by atoms with Gasteiger partial charge < -0.3 is 20.7 Å². The van der Waals surface area contributed by atoms with Crippen molar-refractivity contribution < 1.29 is 14.3 Å². The Labute approximate surface area is 190 Å². The van der Waals surface area contributed by atoms with Gasteiger partial charge in [0.25, 0.3) is 0 Å². The molecule has 5 rings (SSSR count). The summed E-state index contributed by atoms with van der Waals surface area (Å²) < 4.78 is 5.75. The smallest absolute Gasteiger partial charge is 0.244 e. The van der Waals surface area contributed by atoms with Gasteiger partial charge in [-0.1, -0.05) is 37.5 Å². The van der Waals surface area contributed by atoms with E-state index in [4.69, 9.17) is 10.5 Å². The van der Waals surface area contributed by atoms with Crippen LogP contribution in [0, 0.1) is 5.92 Å². The molecular weight excluding hydrogens is 404 g/mol. The molecule has 0 radical (unpaired) electrons. The number of nitrogens with one attached hydrogen (secondary N) is 1. The molecule has 0 aromatic heterocycles. The lowest BCUT2D eigenvalue weighted by atomic mass is 9.83. The summed E-state index contributed by atoms with van der Waals surface area (Å²) in [7, 11) is 0. The van der Waals surface area contributed by atoms with Crippen LogP contribution in [0.2, 0.25) is 0 Å². The molecule has 7 heteroatoms. The van der Waals surface area contributed by atoms with E-state index >= 15 is 0 Å². The first kappa shape index (κ1) is 21.7. The molecule has 3 N–H and O–H groups in total. The van der Waals surface area contributed by atoms with Crippen LogP contribution in [0.4, 0.5) is 0 Å². The van der Waals surface area contributed by atoms with Crippen molar-refractivity contribution in [2.45, 2.75) is 75.5 Å². The Morgan fingerprint density at radius 3 is 2.69 bits per heavy atom. The Morgan fingerprint density at radius 2 is 1.84 bits per heavy atom. The third kappa shape index (κ3) is 4.25. The second-order valence-corrected chi connectivity index (χ2v) is 9.96. The highest BCUT2D eigenvalue weighted by molar-refractivity contribution is 5.90. The molecule has 2 saturated heterocycles. The molecular formula is C25H36N4O3. The molecule has 0 spiro atoms. The van der Waals surface area contributed by atoms with Crippen LogP contribution in [0.15, 0.2) is 24.3 Å². The summed E-state index contributed by atoms with van der Waals surface area (Å²) >= 11 is 0. The Bertz CT molecular complexity index is 840. The van der Waals surface area contributed by atoms with E-state index in [0.717, 1.165) is 62.8 Å². The lowest BCUT2D eigenvalue weighted by Gasteiger charge is -2.45. The van der Waals surface area contributed by atoms with E-state index in [0.29, 0.717) is 25.7 Å². The number of para-hydroxylation sites is 1. The lowest BCUT2D eigenvalue weighted by molar-refractivity contribution is -0.147. The molecule has 2 amide bonds. The number of ether oxygens (including phenoxy) is 1. The van der Waals surface area contributed by atoms with Gasteiger partial charge in [0.2, 0.25) is 11.8 Å². The van der Waals surface area contributed by atoms with Gasteiger partial charge in [-0.25, -0.2) is 0 Å². The van der Waals surface area contributed by atoms with Gasteiger partial charge in [0.1, 0.15) is 11.8 Å². The third-order valence-corrected chi connectivity index (χ3v) is 7.99. The van der Waals surface area contributed by atoms with Gasteiger partial charge in [-0.2, -0.15) is 0 Å². The predicted molar refractivity (Wildman–Crippen MR) is 122 cm³/mol. The summed E-state index contributed by atoms with van der Waals surface area (Å²) in [6.45, 7) is 2.80. The summed E-state index contributed by atoms with van der Waals surface area (Å²) in [6, 6.07) is 7.16. The van der Waals surface area contributed by atoms with E-state index in [1.54, 1.807) is 0 Å². The first-order valence-corrected chi connectivity index (χ1v) is 12.4. The molecule has 4 atom stereocenters. The molecule has 3 fully saturated rings. The van der Waals surface area contributed by atoms with Crippen molar-refractivity contribution in [2.75, 3.05) is 26.2 Å². The number of fused-ring (bicyclic) bond motifs is 2. The van der Waals surface area contributed by atoms with Crippen molar-refractivity contribution in [3.8, 4) is 5.75 Å². The molecule has 7 nitrogen and oxygen atoms in total. The fourth-order valence-electron chi connectivity index (χ4n) is 6.13. The SMILES string of the molecule is N[C@H](C(=O)N1C[C@H]2CCCN2C[C@H]1C(=O)N[C@@H]1CCOc2ccccc21)C1CCCCC1. The van der Waals surface area contributed by atoms with Gasteiger partial charge in [0, 0.05) is 31.1 Å². The van der Waals surface area contributed by atoms with Gasteiger partial charge >= 0.3 is 0 Å². The van der Waals surface area contributed by atoms with Crippen LogP contribution in [-0.2, 0) is 9.59 Å². The normalized spacial score (nSPS) is 29.5. The van der Waals surface area contributed by atoms with Crippen molar-refractivity contribution in [1.82, 2.24) is 15.1 Å². The molecule has 1 aliphatic carbocycles. The molecule has 1 aromatic rings. The summed E-state index contributed by atoms with van der Waals surface area (Å²) in [5.41, 5.74) is 7.53. The summed E-state index contributed by atoms with van der Waals surface area (Å²) in [6.07, 6.45) is 8.52. The number of hydrogen-bond donors (Lipinski definition) is 2. The molecule has 4 aliphatic rings. The van der Waals surface area contributed by atoms with Crippen LogP contribution in [0.1, 0.15) is 63.0 Å². The zero-order chi connectivity index (χ0) is 22.1. The van der Waals surface area contributed by atoms with E-state index in [9.17, 15) is 9.59 Å². The molecule has 3 aliphatic heterocycles. The van der Waals surface area contributed by atoms with Gasteiger partial charge in [0.15, 0.2) is 0 Å². The Hall–Kier alpha value is -2.12. The first-order valence-electron chi connectivity index (χ1n) is 12.4. The number of benzene rings is 1. The highest BCUT2D eigenvalue weighted by atomic mass is 16.5. The minimum atomic E-state index is -0.498. The van der Waals surface area contributed by atoms with Crippen molar-refractivity contribution in [2.24, 2.45) is 11.7 Å². The van der Waals surface area contributed by atoms with E-state index < -0.39 is 12.1 Å². The van der Waals surface area contributed by atoms with E-state index in [-0.39, 0.29) is 23.8 Å². The highest BCUT2D eigenvalue weighted by Gasteiger charge is 2.44. The lowest BCUT2D eigenvalue weighted by Crippen LogP contribution is -2.65. The summed E-state index contributed by atoms with van der Waals surface area (Å²) in [5, 5.41) is 3.25. The number of piperazine rings is 1. The van der Waals surface area contributed by atoms with E-state index in [1.165, 1.54) is 6.42 Å². The number of amides is 2. The number of nitrogens with zero attached hydrogens (tertiary/aromatic N) is 2. The number of rotatable bonds is 4. The molecule has 1 saturated carbocycles. The zero-order valence-corrected chi connectivity index (χ0v) is 18.9. The Kier molecular flexibility index (Phi) is 6.37. The second kappa shape index (κ2) is 9.40. The fourth-order valence-corrected chi connectivity index (χ4v) is 6.13. The van der Waals surface area contributed by atoms with Crippen molar-refractivity contribution in [3.05, 3.63) is 29.8 Å². The molecule has 0 bridgehead atoms. The summed E-state index contributed by atoms with van der Waals surface area (Å²) in [5.74, 6) is 0.973. The van der Waals surface area contributed by atoms with Gasteiger partial charge in [-0.05, 0) is 44.2 Å². The number of carbonyl (C=O) groups excluding carboxylic acids is 2. The maximum Gasteiger partial charge on any atom is 0.244 e. The Morgan fingerprint density at radius 1 is 1.03 bits per heavy atom. The second-order valence-electron chi connectivity index (χ2n) is 9.96. The molecule has 3 heterocycles. The molecule has 1 aromatic carbocycles. The van der Waals surface area contributed by atoms with Crippen molar-refractivity contribution in [1.29, 1.82) is 0 Å². The molecule has 174 valence electrons. The molecule has 0 unspecified atom stereocenters. The zero-order valence-electron chi connectivity index (χ0n) is 18.9. The van der Waals surface area contributed by atoms with E-state index in [2.05, 4.69) is 10.2 Å². The number of hydrogen-bond acceptors (Lipinski definition) is 5. The highest BCUT2D eigenvalue weighted by Crippen LogP contribution is 2.33. The largest absolute Gasteiger partial charge is 0.493 e. The minimum Gasteiger partial charge on any atom is -0.493 e. The van der Waals surface area contributed by atoms with Crippen LogP contribution in [0.5, 0.6) is 5.75 Å². The summed E-state index contributed by atoms with van der Waals surface area (Å²) in [4.78, 5) is 31.4. The maximum absolute atomic E-state index is 13.6. The van der Waals surface area contributed by atoms with Crippen LogP contribution in [0.25, 0.3) is 0 Å². The van der Waals surface area contributed by atoms with Crippen LogP contribution >= 0.6 is 0 Å². The fraction of sp³-hybridized carbons (Fsp3) is 0.680. The number of nitrogens with two attached hydrogens (primary N) is 1. The van der Waals surface area contributed by atoms with Crippen molar-refractivity contribution in [3.63, 3.8) is 0 Å². The Balaban J connectivity index is 1.33. The van der Waals surface area contributed by atoms with Gasteiger partial charge in [-0.15, -0.1) is 0 Å². The van der Waals surface area contributed by atoms with Crippen LogP contribution in [0.3, 0.4) is 0 Å². The first-order chi connectivity index (χ1) is 15.6. The monoisotopic (exact) mass is 440 g/mol. The average Bonchev–Trinajstić information content (AvgIpc) is 3.31. The van der Waals surface area contributed by atoms with Gasteiger partial charge in [0.05, 0.1) is 18.7 Å². The standard InChI is InChI=1S/C25H36N4O3/c26-23(17-7-2-1-3-8-17)25(31)29-15-18-9-6-13-28(18)16-21(29)24(30)27-20-12-14-32-22-11-5-4-10-19(20)22/h4-5,10-11,17-18,20-21,23H,1-3,6-9,12-16,26H2,(H,27,30)/t18-,20-,21+,23+/m1/s1. The topological polar surface area (TPSA) is 87.9 Å². The van der Waals surface area contributed by atoms with Crippen molar-refractivity contribution >= 4 is 11.8 Å².